The van der Waals surface area contributed by atoms with Crippen molar-refractivity contribution in [3.05, 3.63) is 47.3 Å². The topological polar surface area (TPSA) is 74.3 Å². The van der Waals surface area contributed by atoms with Crippen LogP contribution in [0.1, 0.15) is 12.0 Å². The summed E-state index contributed by atoms with van der Waals surface area (Å²) in [5, 5.41) is 14.8. The molecule has 178 valence electrons. The molecule has 2 heterocycles. The number of benzene rings is 2. The van der Waals surface area contributed by atoms with Crippen molar-refractivity contribution in [3.8, 4) is 11.5 Å². The minimum absolute atomic E-state index is 0. The smallest absolute Gasteiger partial charge is 0.409 e. The number of ether oxygens (including phenoxy) is 2. The lowest BCUT2D eigenvalue weighted by Crippen LogP contribution is -2.46. The van der Waals surface area contributed by atoms with Crippen LogP contribution in [0.5, 0.6) is 11.5 Å². The Morgan fingerprint density at radius 2 is 1.97 bits per heavy atom. The number of piperazine rings is 1. The molecular weight excluding hydrogens is 462 g/mol. The van der Waals surface area contributed by atoms with Gasteiger partial charge in [0.05, 0.1) is 13.7 Å². The molecule has 9 heteroatoms. The summed E-state index contributed by atoms with van der Waals surface area (Å²) in [7, 11) is 1.56. The molecule has 1 aliphatic rings. The summed E-state index contributed by atoms with van der Waals surface area (Å²) in [4.78, 5) is 15.9. The summed E-state index contributed by atoms with van der Waals surface area (Å²) in [5.74, 6) is 1.20. The molecule has 2 N–H and O–H groups in total. The summed E-state index contributed by atoms with van der Waals surface area (Å²) in [6.45, 7) is 7.59. The zero-order valence-electron chi connectivity index (χ0n) is 18.9. The SMILES string of the molecule is COc1cc(NC(=O)O)cc(C)c1OCCCN1CCN(c2cccc3sccc23)CC1.Cl. The van der Waals surface area contributed by atoms with Gasteiger partial charge in [-0.2, -0.15) is 0 Å². The van der Waals surface area contributed by atoms with Crippen LogP contribution in [0.4, 0.5) is 16.2 Å². The van der Waals surface area contributed by atoms with Crippen LogP contribution in [-0.2, 0) is 0 Å². The number of nitrogens with zero attached hydrogens (tertiary/aromatic N) is 2. The summed E-state index contributed by atoms with van der Waals surface area (Å²) >= 11 is 1.80. The number of anilines is 2. The monoisotopic (exact) mass is 491 g/mol. The van der Waals surface area contributed by atoms with Crippen molar-refractivity contribution in [2.24, 2.45) is 0 Å². The van der Waals surface area contributed by atoms with Crippen LogP contribution in [0.3, 0.4) is 0 Å². The van der Waals surface area contributed by atoms with E-state index in [1.165, 1.54) is 15.8 Å². The molecule has 0 atom stereocenters. The van der Waals surface area contributed by atoms with Crippen molar-refractivity contribution in [1.29, 1.82) is 0 Å². The van der Waals surface area contributed by atoms with Crippen molar-refractivity contribution in [2.45, 2.75) is 13.3 Å². The number of rotatable bonds is 8. The highest BCUT2D eigenvalue weighted by Crippen LogP contribution is 2.34. The number of aryl methyl sites for hydroxylation is 1. The average molecular weight is 492 g/mol. The lowest BCUT2D eigenvalue weighted by Gasteiger charge is -2.36. The Balaban J connectivity index is 0.00000306. The molecule has 0 bridgehead atoms. The minimum Gasteiger partial charge on any atom is -0.493 e. The normalized spacial score (nSPS) is 14.1. The molecule has 1 saturated heterocycles. The molecule has 1 aromatic heterocycles. The van der Waals surface area contributed by atoms with Gasteiger partial charge in [-0.15, -0.1) is 23.7 Å². The second kappa shape index (κ2) is 11.4. The van der Waals surface area contributed by atoms with Crippen LogP contribution in [0.15, 0.2) is 41.8 Å². The number of hydrogen-bond acceptors (Lipinski definition) is 6. The number of hydrogen-bond donors (Lipinski definition) is 2. The maximum Gasteiger partial charge on any atom is 0.409 e. The van der Waals surface area contributed by atoms with E-state index in [0.29, 0.717) is 23.8 Å². The highest BCUT2D eigenvalue weighted by atomic mass is 35.5. The number of fused-ring (bicyclic) bond motifs is 1. The number of carboxylic acid groups (broad SMARTS) is 1. The molecule has 0 aliphatic carbocycles. The lowest BCUT2D eigenvalue weighted by atomic mass is 10.1. The number of halogens is 1. The Morgan fingerprint density at radius 3 is 2.70 bits per heavy atom. The Kier molecular flexibility index (Phi) is 8.66. The van der Waals surface area contributed by atoms with Gasteiger partial charge in [-0.05, 0) is 48.6 Å². The van der Waals surface area contributed by atoms with Crippen LogP contribution in [-0.4, -0.2) is 62.5 Å². The molecule has 0 radical (unpaired) electrons. The summed E-state index contributed by atoms with van der Waals surface area (Å²) < 4.78 is 12.8. The van der Waals surface area contributed by atoms with Gasteiger partial charge in [-0.1, -0.05) is 6.07 Å². The third-order valence-electron chi connectivity index (χ3n) is 5.76. The second-order valence-electron chi connectivity index (χ2n) is 7.89. The van der Waals surface area contributed by atoms with E-state index in [0.717, 1.165) is 44.7 Å². The quantitative estimate of drug-likeness (QED) is 0.415. The number of carbonyl (C=O) groups is 1. The molecule has 1 amide bonds. The number of methoxy groups -OCH3 is 1. The molecule has 0 saturated carbocycles. The van der Waals surface area contributed by atoms with E-state index in [1.54, 1.807) is 30.6 Å². The summed E-state index contributed by atoms with van der Waals surface area (Å²) in [5.41, 5.74) is 2.65. The number of thiophene rings is 1. The van der Waals surface area contributed by atoms with Gasteiger partial charge in [0.2, 0.25) is 0 Å². The van der Waals surface area contributed by atoms with Crippen molar-refractivity contribution in [2.75, 3.05) is 56.7 Å². The Bertz CT molecular complexity index is 1080. The van der Waals surface area contributed by atoms with Gasteiger partial charge in [0.1, 0.15) is 0 Å². The molecule has 1 fully saturated rings. The van der Waals surface area contributed by atoms with E-state index in [2.05, 4.69) is 44.8 Å². The van der Waals surface area contributed by atoms with Gasteiger partial charge < -0.3 is 19.5 Å². The fraction of sp³-hybridized carbons (Fsp3) is 0.375. The summed E-state index contributed by atoms with van der Waals surface area (Å²) in [6, 6.07) is 12.2. The van der Waals surface area contributed by atoms with Gasteiger partial charge in [0.15, 0.2) is 11.5 Å². The van der Waals surface area contributed by atoms with Crippen LogP contribution in [0, 0.1) is 6.92 Å². The first-order chi connectivity index (χ1) is 15.5. The molecule has 1 aliphatic heterocycles. The minimum atomic E-state index is -1.10. The van der Waals surface area contributed by atoms with Gasteiger partial charge in [0.25, 0.3) is 0 Å². The van der Waals surface area contributed by atoms with Crippen LogP contribution < -0.4 is 19.7 Å². The molecule has 7 nitrogen and oxygen atoms in total. The second-order valence-corrected chi connectivity index (χ2v) is 8.84. The molecule has 3 aromatic rings. The summed E-state index contributed by atoms with van der Waals surface area (Å²) in [6.07, 6.45) is -0.190. The average Bonchev–Trinajstić information content (AvgIpc) is 3.26. The van der Waals surface area contributed by atoms with Gasteiger partial charge in [-0.3, -0.25) is 10.2 Å². The van der Waals surface area contributed by atoms with E-state index in [4.69, 9.17) is 14.6 Å². The van der Waals surface area contributed by atoms with E-state index in [-0.39, 0.29) is 12.4 Å². The Hall–Kier alpha value is -2.68. The fourth-order valence-corrected chi connectivity index (χ4v) is 5.01. The Morgan fingerprint density at radius 1 is 1.18 bits per heavy atom. The predicted octanol–water partition coefficient (Wildman–Crippen LogP) is 5.32. The molecule has 2 aromatic carbocycles. The van der Waals surface area contributed by atoms with Gasteiger partial charge in [0, 0.05) is 60.3 Å². The third-order valence-corrected chi connectivity index (χ3v) is 6.64. The third kappa shape index (κ3) is 6.01. The molecule has 33 heavy (non-hydrogen) atoms. The highest BCUT2D eigenvalue weighted by Gasteiger charge is 2.19. The van der Waals surface area contributed by atoms with Crippen molar-refractivity contribution in [1.82, 2.24) is 4.90 Å². The fourth-order valence-electron chi connectivity index (χ4n) is 4.20. The first kappa shape index (κ1) is 25.0. The van der Waals surface area contributed by atoms with Crippen molar-refractivity contribution in [3.63, 3.8) is 0 Å². The zero-order chi connectivity index (χ0) is 22.5. The van der Waals surface area contributed by atoms with Gasteiger partial charge in [-0.25, -0.2) is 4.79 Å². The first-order valence-electron chi connectivity index (χ1n) is 10.8. The van der Waals surface area contributed by atoms with Gasteiger partial charge >= 0.3 is 6.09 Å². The Labute approximate surface area is 204 Å². The number of amides is 1. The lowest BCUT2D eigenvalue weighted by molar-refractivity contribution is 0.209. The first-order valence-corrected chi connectivity index (χ1v) is 11.7. The number of nitrogens with one attached hydrogen (secondary N) is 1. The van der Waals surface area contributed by atoms with E-state index >= 15 is 0 Å². The van der Waals surface area contributed by atoms with E-state index in [1.807, 2.05) is 6.92 Å². The zero-order valence-corrected chi connectivity index (χ0v) is 20.5. The van der Waals surface area contributed by atoms with Crippen molar-refractivity contribution < 1.29 is 19.4 Å². The molecule has 4 rings (SSSR count). The van der Waals surface area contributed by atoms with E-state index in [9.17, 15) is 4.79 Å². The van der Waals surface area contributed by atoms with Crippen LogP contribution in [0.25, 0.3) is 10.1 Å². The molecule has 0 spiro atoms. The highest BCUT2D eigenvalue weighted by molar-refractivity contribution is 7.17. The molecule has 0 unspecified atom stereocenters. The maximum absolute atomic E-state index is 10.9. The van der Waals surface area contributed by atoms with Crippen molar-refractivity contribution >= 4 is 51.3 Å². The predicted molar refractivity (Wildman–Crippen MR) is 137 cm³/mol. The van der Waals surface area contributed by atoms with Crippen LogP contribution >= 0.6 is 23.7 Å². The maximum atomic E-state index is 10.9. The van der Waals surface area contributed by atoms with Crippen LogP contribution in [0.2, 0.25) is 0 Å². The van der Waals surface area contributed by atoms with E-state index < -0.39 is 6.09 Å². The largest absolute Gasteiger partial charge is 0.493 e. The standard InChI is InChI=1S/C24H29N3O4S.ClH/c1-17-15-18(25-24(28)29)16-21(30-2)23(17)31-13-4-8-26-9-11-27(12-10-26)20-5-3-6-22-19(20)7-14-32-22;/h3,5-7,14-16,25H,4,8-13H2,1-2H3,(H,28,29);1H. The molecular formula is C24H30ClN3O4S.